The van der Waals surface area contributed by atoms with Gasteiger partial charge in [-0.2, -0.15) is 10.2 Å². The van der Waals surface area contributed by atoms with Gasteiger partial charge >= 0.3 is 5.63 Å². The maximum Gasteiger partial charge on any atom is 0.336 e. The van der Waals surface area contributed by atoms with E-state index in [1.165, 1.54) is 6.07 Å². The number of para-hydroxylation sites is 1. The molecule has 0 bridgehead atoms. The minimum Gasteiger partial charge on any atom is -0.423 e. The molecular formula is C21H16N2O2. The molecule has 0 atom stereocenters. The lowest BCUT2D eigenvalue weighted by Gasteiger charge is -1.91. The van der Waals surface area contributed by atoms with Crippen molar-refractivity contribution in [3.05, 3.63) is 107 Å². The van der Waals surface area contributed by atoms with Crippen LogP contribution in [0.25, 0.3) is 11.0 Å². The molecule has 0 aliphatic heterocycles. The summed E-state index contributed by atoms with van der Waals surface area (Å²) in [5, 5.41) is 9.15. The van der Waals surface area contributed by atoms with Crippen LogP contribution in [0.4, 0.5) is 11.4 Å². The van der Waals surface area contributed by atoms with E-state index in [9.17, 15) is 4.79 Å². The van der Waals surface area contributed by atoms with E-state index in [0.717, 1.165) is 16.8 Å². The van der Waals surface area contributed by atoms with Crippen LogP contribution >= 0.6 is 0 Å². The molecular weight excluding hydrogens is 312 g/mol. The van der Waals surface area contributed by atoms with E-state index in [1.54, 1.807) is 12.1 Å². The molecule has 0 fully saturated rings. The first-order valence-corrected chi connectivity index (χ1v) is 7.82. The van der Waals surface area contributed by atoms with Crippen molar-refractivity contribution in [2.24, 2.45) is 10.2 Å². The van der Waals surface area contributed by atoms with Crippen molar-refractivity contribution >= 4 is 22.3 Å². The van der Waals surface area contributed by atoms with Crippen molar-refractivity contribution < 1.29 is 4.42 Å². The average molecular weight is 328 g/mol. The summed E-state index contributed by atoms with van der Waals surface area (Å²) < 4.78 is 4.91. The van der Waals surface area contributed by atoms with Crippen LogP contribution < -0.4 is 5.63 Å². The summed E-state index contributed by atoms with van der Waals surface area (Å²) >= 11 is 0. The highest BCUT2D eigenvalue weighted by Crippen LogP contribution is 2.16. The van der Waals surface area contributed by atoms with Crippen LogP contribution in [0.1, 0.15) is 0 Å². The number of hydrogen-bond acceptors (Lipinski definition) is 4. The van der Waals surface area contributed by atoms with E-state index >= 15 is 0 Å². The Labute approximate surface area is 145 Å². The summed E-state index contributed by atoms with van der Waals surface area (Å²) in [6.07, 6.45) is 0. The number of azo groups is 1. The largest absolute Gasteiger partial charge is 0.423 e. The van der Waals surface area contributed by atoms with Gasteiger partial charge in [-0.1, -0.05) is 54.6 Å². The van der Waals surface area contributed by atoms with E-state index in [4.69, 9.17) is 4.42 Å². The second-order valence-corrected chi connectivity index (χ2v) is 5.16. The van der Waals surface area contributed by atoms with E-state index in [2.05, 4.69) is 10.2 Å². The van der Waals surface area contributed by atoms with Crippen molar-refractivity contribution in [3.63, 3.8) is 0 Å². The lowest BCUT2D eigenvalue weighted by atomic mass is 10.2. The van der Waals surface area contributed by atoms with Gasteiger partial charge in [-0.05, 0) is 36.4 Å². The van der Waals surface area contributed by atoms with Crippen molar-refractivity contribution in [1.82, 2.24) is 0 Å². The molecule has 0 amide bonds. The number of hydrogen-bond donors (Lipinski definition) is 0. The third-order valence-corrected chi connectivity index (χ3v) is 3.32. The number of nitrogens with zero attached hydrogens (tertiary/aromatic N) is 2. The zero-order valence-corrected chi connectivity index (χ0v) is 13.4. The van der Waals surface area contributed by atoms with Crippen LogP contribution in [0.5, 0.6) is 0 Å². The summed E-state index contributed by atoms with van der Waals surface area (Å²) in [7, 11) is 0. The van der Waals surface area contributed by atoms with E-state index in [-0.39, 0.29) is 5.63 Å². The Bertz CT molecular complexity index is 968. The molecule has 4 nitrogen and oxygen atoms in total. The highest BCUT2D eigenvalue weighted by molar-refractivity contribution is 5.75. The fourth-order valence-electron chi connectivity index (χ4n) is 2.12. The zero-order valence-electron chi connectivity index (χ0n) is 13.4. The molecule has 1 aromatic heterocycles. The quantitative estimate of drug-likeness (QED) is 0.340. The summed E-state index contributed by atoms with van der Waals surface area (Å²) in [4.78, 5) is 10.7. The van der Waals surface area contributed by atoms with Gasteiger partial charge in [0.05, 0.1) is 11.4 Å². The average Bonchev–Trinajstić information content (AvgIpc) is 2.68. The molecule has 4 rings (SSSR count). The maximum atomic E-state index is 10.7. The Morgan fingerprint density at radius 2 is 1.08 bits per heavy atom. The predicted molar refractivity (Wildman–Crippen MR) is 99.5 cm³/mol. The second kappa shape index (κ2) is 8.36. The minimum atomic E-state index is -0.302. The SMILES string of the molecule is O=c1ccc2ccccc2o1.c1ccc(N=Nc2ccccc2)cc1. The fraction of sp³-hybridized carbons (Fsp3) is 0. The number of rotatable bonds is 2. The monoisotopic (exact) mass is 328 g/mol. The first-order valence-electron chi connectivity index (χ1n) is 7.82. The fourth-order valence-corrected chi connectivity index (χ4v) is 2.12. The molecule has 25 heavy (non-hydrogen) atoms. The highest BCUT2D eigenvalue weighted by Gasteiger charge is 1.92. The first kappa shape index (κ1) is 16.3. The van der Waals surface area contributed by atoms with E-state index in [0.29, 0.717) is 5.58 Å². The van der Waals surface area contributed by atoms with Gasteiger partial charge in [0.2, 0.25) is 0 Å². The maximum absolute atomic E-state index is 10.7. The van der Waals surface area contributed by atoms with Crippen LogP contribution in [0.15, 0.2) is 117 Å². The smallest absolute Gasteiger partial charge is 0.336 e. The molecule has 3 aromatic carbocycles. The molecule has 122 valence electrons. The van der Waals surface area contributed by atoms with Gasteiger partial charge in [-0.3, -0.25) is 0 Å². The molecule has 0 aliphatic carbocycles. The van der Waals surface area contributed by atoms with Gasteiger partial charge < -0.3 is 4.42 Å². The van der Waals surface area contributed by atoms with Gasteiger partial charge in [-0.25, -0.2) is 4.79 Å². The van der Waals surface area contributed by atoms with Crippen molar-refractivity contribution in [2.45, 2.75) is 0 Å². The predicted octanol–water partition coefficient (Wildman–Crippen LogP) is 5.90. The van der Waals surface area contributed by atoms with E-state index < -0.39 is 0 Å². The third kappa shape index (κ3) is 4.97. The minimum absolute atomic E-state index is 0.302. The Morgan fingerprint density at radius 3 is 1.68 bits per heavy atom. The van der Waals surface area contributed by atoms with Gasteiger partial charge in [0.15, 0.2) is 0 Å². The van der Waals surface area contributed by atoms with Gasteiger partial charge in [0, 0.05) is 11.5 Å². The third-order valence-electron chi connectivity index (χ3n) is 3.32. The molecule has 0 radical (unpaired) electrons. The lowest BCUT2D eigenvalue weighted by molar-refractivity contribution is 0.561. The van der Waals surface area contributed by atoms with Crippen LogP contribution in [-0.2, 0) is 0 Å². The standard InChI is InChI=1S/C12H10N2.C9H6O2/c1-3-7-11(8-4-1)13-14-12-9-5-2-6-10-12;10-9-6-5-7-3-1-2-4-8(7)11-9/h1-10H;1-6H. The molecule has 1 heterocycles. The first-order chi connectivity index (χ1) is 12.3. The number of fused-ring (bicyclic) bond motifs is 1. The summed E-state index contributed by atoms with van der Waals surface area (Å²) in [5.41, 5.74) is 2.08. The molecule has 4 heteroatoms. The normalized spacial score (nSPS) is 10.4. The zero-order chi connectivity index (χ0) is 17.3. The molecule has 0 spiro atoms. The topological polar surface area (TPSA) is 54.9 Å². The molecule has 0 N–H and O–H groups in total. The van der Waals surface area contributed by atoms with Crippen LogP contribution in [0, 0.1) is 0 Å². The Hall–Kier alpha value is -3.53. The van der Waals surface area contributed by atoms with Crippen LogP contribution in [0.2, 0.25) is 0 Å². The highest BCUT2D eigenvalue weighted by atomic mass is 16.4. The summed E-state index contributed by atoms with van der Waals surface area (Å²) in [6.45, 7) is 0. The van der Waals surface area contributed by atoms with Gasteiger partial charge in [0.1, 0.15) is 5.58 Å². The Balaban J connectivity index is 0.000000150. The van der Waals surface area contributed by atoms with Crippen molar-refractivity contribution in [1.29, 1.82) is 0 Å². The molecule has 0 saturated heterocycles. The van der Waals surface area contributed by atoms with Crippen molar-refractivity contribution in [3.8, 4) is 0 Å². The Kier molecular flexibility index (Phi) is 5.46. The van der Waals surface area contributed by atoms with Crippen LogP contribution in [0.3, 0.4) is 0 Å². The van der Waals surface area contributed by atoms with Crippen molar-refractivity contribution in [2.75, 3.05) is 0 Å². The Morgan fingerprint density at radius 1 is 0.560 bits per heavy atom. The molecule has 4 aromatic rings. The molecule has 0 saturated carbocycles. The van der Waals surface area contributed by atoms with Crippen LogP contribution in [-0.4, -0.2) is 0 Å². The molecule has 0 unspecified atom stereocenters. The lowest BCUT2D eigenvalue weighted by Crippen LogP contribution is -1.93. The van der Waals surface area contributed by atoms with Gasteiger partial charge in [-0.15, -0.1) is 0 Å². The summed E-state index contributed by atoms with van der Waals surface area (Å²) in [6, 6.07) is 30.0. The number of benzene rings is 3. The van der Waals surface area contributed by atoms with E-state index in [1.807, 2.05) is 78.9 Å². The second-order valence-electron chi connectivity index (χ2n) is 5.16. The molecule has 0 aliphatic rings. The summed E-state index contributed by atoms with van der Waals surface area (Å²) in [5.74, 6) is 0. The van der Waals surface area contributed by atoms with Gasteiger partial charge in [0.25, 0.3) is 0 Å².